The molecule has 0 aliphatic carbocycles. The van der Waals surface area contributed by atoms with Crippen molar-refractivity contribution in [3.8, 4) is 11.5 Å². The summed E-state index contributed by atoms with van der Waals surface area (Å²) in [5, 5.41) is 0. The zero-order chi connectivity index (χ0) is 26.4. The number of rotatable bonds is 4. The van der Waals surface area contributed by atoms with Crippen molar-refractivity contribution in [3.63, 3.8) is 0 Å². The molecule has 1 spiro atoms. The maximum absolute atomic E-state index is 13.2. The van der Waals surface area contributed by atoms with Gasteiger partial charge in [-0.05, 0) is 86.3 Å². The number of aryl methyl sites for hydroxylation is 1. The number of carbonyl (C=O) groups excluding carboxylic acids is 2. The molecule has 0 unspecified atom stereocenters. The van der Waals surface area contributed by atoms with Crippen molar-refractivity contribution in [3.05, 3.63) is 59.7 Å². The molecule has 0 aromatic heterocycles. The van der Waals surface area contributed by atoms with Crippen LogP contribution in [0.15, 0.2) is 48.5 Å². The number of piperidine rings is 1. The SMILES string of the molecule is CC(C)COc1ccc(C(=O)N2CCC3(CCCCc4ccccc4O[C@H](C)C(=O)N(C)C3)CC2)cc1. The Morgan fingerprint density at radius 3 is 2.46 bits per heavy atom. The Kier molecular flexibility index (Phi) is 8.78. The third-order valence-electron chi connectivity index (χ3n) is 7.77. The Hall–Kier alpha value is -3.02. The van der Waals surface area contributed by atoms with Crippen LogP contribution in [0.5, 0.6) is 11.5 Å². The Bertz CT molecular complexity index is 1060. The third-order valence-corrected chi connectivity index (χ3v) is 7.77. The lowest BCUT2D eigenvalue weighted by Gasteiger charge is -2.44. The van der Waals surface area contributed by atoms with E-state index < -0.39 is 6.10 Å². The molecule has 2 aliphatic heterocycles. The Morgan fingerprint density at radius 2 is 1.76 bits per heavy atom. The van der Waals surface area contributed by atoms with Gasteiger partial charge in [-0.3, -0.25) is 9.59 Å². The Balaban J connectivity index is 1.41. The Morgan fingerprint density at radius 1 is 1.05 bits per heavy atom. The van der Waals surface area contributed by atoms with Crippen LogP contribution >= 0.6 is 0 Å². The van der Waals surface area contributed by atoms with Gasteiger partial charge in [-0.2, -0.15) is 0 Å². The van der Waals surface area contributed by atoms with Crippen LogP contribution in [-0.4, -0.2) is 61.0 Å². The molecular weight excluding hydrogens is 464 g/mol. The molecule has 1 atom stereocenters. The monoisotopic (exact) mass is 506 g/mol. The number of hydrogen-bond donors (Lipinski definition) is 0. The number of hydrogen-bond acceptors (Lipinski definition) is 4. The maximum atomic E-state index is 13.2. The van der Waals surface area contributed by atoms with Crippen molar-refractivity contribution in [2.45, 2.75) is 65.4 Å². The third kappa shape index (κ3) is 6.85. The molecule has 1 fully saturated rings. The minimum Gasteiger partial charge on any atom is -0.493 e. The quantitative estimate of drug-likeness (QED) is 0.542. The standard InChI is InChI=1S/C31H42N2O4/c1-23(2)21-36-27-14-12-26(13-15-27)30(35)33-19-17-31(18-20-33)16-8-7-10-25-9-5-6-11-28(25)37-24(3)29(34)32(4)22-31/h5-6,9,11-15,23-24H,7-8,10,16-22H2,1-4H3/t24-/m1/s1. The summed E-state index contributed by atoms with van der Waals surface area (Å²) in [4.78, 5) is 30.2. The molecule has 2 heterocycles. The highest BCUT2D eigenvalue weighted by atomic mass is 16.5. The minimum atomic E-state index is -0.531. The second kappa shape index (κ2) is 12.0. The fourth-order valence-corrected chi connectivity index (χ4v) is 5.58. The van der Waals surface area contributed by atoms with Crippen molar-refractivity contribution in [2.24, 2.45) is 11.3 Å². The molecule has 37 heavy (non-hydrogen) atoms. The first kappa shape index (κ1) is 27.0. The smallest absolute Gasteiger partial charge is 0.263 e. The number of ether oxygens (including phenoxy) is 2. The lowest BCUT2D eigenvalue weighted by atomic mass is 9.73. The summed E-state index contributed by atoms with van der Waals surface area (Å²) in [7, 11) is 1.89. The van der Waals surface area contributed by atoms with Gasteiger partial charge in [-0.15, -0.1) is 0 Å². The highest BCUT2D eigenvalue weighted by Gasteiger charge is 2.38. The molecule has 0 bridgehead atoms. The summed E-state index contributed by atoms with van der Waals surface area (Å²) in [5.74, 6) is 2.15. The fraction of sp³-hybridized carbons (Fsp3) is 0.548. The largest absolute Gasteiger partial charge is 0.493 e. The van der Waals surface area contributed by atoms with E-state index in [2.05, 4.69) is 19.9 Å². The van der Waals surface area contributed by atoms with Gasteiger partial charge in [0.15, 0.2) is 6.10 Å². The molecular formula is C31H42N2O4. The summed E-state index contributed by atoms with van der Waals surface area (Å²) in [6.07, 6.45) is 5.46. The first-order valence-corrected chi connectivity index (χ1v) is 13.8. The van der Waals surface area contributed by atoms with Gasteiger partial charge in [0.05, 0.1) is 6.61 Å². The van der Waals surface area contributed by atoms with Gasteiger partial charge in [-0.25, -0.2) is 0 Å². The predicted octanol–water partition coefficient (Wildman–Crippen LogP) is 5.60. The molecule has 1 saturated heterocycles. The van der Waals surface area contributed by atoms with E-state index in [1.54, 1.807) is 0 Å². The van der Waals surface area contributed by atoms with Crippen molar-refractivity contribution in [2.75, 3.05) is 33.3 Å². The second-order valence-corrected chi connectivity index (χ2v) is 11.3. The summed E-state index contributed by atoms with van der Waals surface area (Å²) in [6, 6.07) is 15.6. The van der Waals surface area contributed by atoms with Crippen LogP contribution in [-0.2, 0) is 11.2 Å². The zero-order valence-electron chi connectivity index (χ0n) is 22.9. The van der Waals surface area contributed by atoms with Gasteiger partial charge in [0.2, 0.25) is 0 Å². The zero-order valence-corrected chi connectivity index (χ0v) is 22.9. The fourth-order valence-electron chi connectivity index (χ4n) is 5.58. The first-order chi connectivity index (χ1) is 17.8. The second-order valence-electron chi connectivity index (χ2n) is 11.3. The normalized spacial score (nSPS) is 20.6. The van der Waals surface area contributed by atoms with Gasteiger partial charge in [0, 0.05) is 32.2 Å². The number of amides is 2. The average Bonchev–Trinajstić information content (AvgIpc) is 2.90. The maximum Gasteiger partial charge on any atom is 0.263 e. The molecule has 2 aromatic rings. The number of fused-ring (bicyclic) bond motifs is 1. The van der Waals surface area contributed by atoms with Crippen molar-refractivity contribution >= 4 is 11.8 Å². The lowest BCUT2D eigenvalue weighted by molar-refractivity contribution is -0.138. The van der Waals surface area contributed by atoms with Crippen LogP contribution in [0.2, 0.25) is 0 Å². The van der Waals surface area contributed by atoms with E-state index in [-0.39, 0.29) is 17.2 Å². The number of carbonyl (C=O) groups is 2. The van der Waals surface area contributed by atoms with E-state index in [4.69, 9.17) is 9.47 Å². The molecule has 4 rings (SSSR count). The van der Waals surface area contributed by atoms with Crippen LogP contribution in [0.4, 0.5) is 0 Å². The van der Waals surface area contributed by atoms with Crippen molar-refractivity contribution in [1.82, 2.24) is 9.80 Å². The van der Waals surface area contributed by atoms with Crippen LogP contribution in [0.3, 0.4) is 0 Å². The van der Waals surface area contributed by atoms with Crippen LogP contribution in [0.1, 0.15) is 68.8 Å². The van der Waals surface area contributed by atoms with E-state index in [9.17, 15) is 9.59 Å². The van der Waals surface area contributed by atoms with E-state index in [0.29, 0.717) is 37.7 Å². The van der Waals surface area contributed by atoms with Crippen LogP contribution < -0.4 is 9.47 Å². The van der Waals surface area contributed by atoms with Gasteiger partial charge in [0.1, 0.15) is 11.5 Å². The summed E-state index contributed by atoms with van der Waals surface area (Å²) < 4.78 is 11.9. The average molecular weight is 507 g/mol. The Labute approximate surface area is 221 Å². The topological polar surface area (TPSA) is 59.1 Å². The number of benzene rings is 2. The van der Waals surface area contributed by atoms with Gasteiger partial charge in [-0.1, -0.05) is 38.5 Å². The van der Waals surface area contributed by atoms with Gasteiger partial charge in [0.25, 0.3) is 11.8 Å². The molecule has 200 valence electrons. The highest BCUT2D eigenvalue weighted by Crippen LogP contribution is 2.39. The molecule has 0 saturated carbocycles. The van der Waals surface area contributed by atoms with E-state index in [1.807, 2.05) is 66.2 Å². The van der Waals surface area contributed by atoms with E-state index in [1.165, 1.54) is 5.56 Å². The summed E-state index contributed by atoms with van der Waals surface area (Å²) in [5.41, 5.74) is 1.89. The molecule has 2 aliphatic rings. The first-order valence-electron chi connectivity index (χ1n) is 13.8. The highest BCUT2D eigenvalue weighted by molar-refractivity contribution is 5.94. The van der Waals surface area contributed by atoms with Crippen molar-refractivity contribution < 1.29 is 19.1 Å². The lowest BCUT2D eigenvalue weighted by Crippen LogP contribution is -2.50. The summed E-state index contributed by atoms with van der Waals surface area (Å²) >= 11 is 0. The molecule has 2 aromatic carbocycles. The predicted molar refractivity (Wildman–Crippen MR) is 146 cm³/mol. The molecule has 6 nitrogen and oxygen atoms in total. The van der Waals surface area contributed by atoms with Crippen LogP contribution in [0, 0.1) is 11.3 Å². The number of likely N-dealkylation sites (tertiary alicyclic amines) is 1. The van der Waals surface area contributed by atoms with E-state index >= 15 is 0 Å². The van der Waals surface area contributed by atoms with E-state index in [0.717, 1.165) is 50.0 Å². The number of likely N-dealkylation sites (N-methyl/N-ethyl adjacent to an activating group) is 1. The molecule has 0 N–H and O–H groups in total. The molecule has 6 heteroatoms. The van der Waals surface area contributed by atoms with Crippen molar-refractivity contribution in [1.29, 1.82) is 0 Å². The molecule has 0 radical (unpaired) electrons. The number of nitrogens with zero attached hydrogens (tertiary/aromatic N) is 2. The summed E-state index contributed by atoms with van der Waals surface area (Å²) in [6.45, 7) is 8.85. The minimum absolute atomic E-state index is 0.00744. The molecule has 2 amide bonds. The van der Waals surface area contributed by atoms with Gasteiger partial charge >= 0.3 is 0 Å². The van der Waals surface area contributed by atoms with Crippen LogP contribution in [0.25, 0.3) is 0 Å². The number of para-hydroxylation sites is 1. The van der Waals surface area contributed by atoms with Gasteiger partial charge < -0.3 is 19.3 Å².